The minimum absolute atomic E-state index is 0.0564. The third kappa shape index (κ3) is 6.53. The summed E-state index contributed by atoms with van der Waals surface area (Å²) < 4.78 is 0. The first-order chi connectivity index (χ1) is 6.45. The maximum Gasteiger partial charge on any atom is 0.0563 e. The van der Waals surface area contributed by atoms with Gasteiger partial charge in [-0.1, -0.05) is 11.2 Å². The quantitative estimate of drug-likeness (QED) is 0.361. The maximum atomic E-state index is 2.50. The van der Waals surface area contributed by atoms with Crippen molar-refractivity contribution in [2.45, 2.75) is 25.3 Å². The molecule has 84 valence electrons. The van der Waals surface area contributed by atoms with Crippen LogP contribution in [0.15, 0.2) is 11.3 Å². The fourth-order valence-electron chi connectivity index (χ4n) is 1.67. The Kier molecular flexibility index (Phi) is 7.44. The Bertz CT molecular complexity index is 167. The van der Waals surface area contributed by atoms with Gasteiger partial charge >= 0.3 is 0 Å². The van der Waals surface area contributed by atoms with Crippen molar-refractivity contribution in [2.75, 3.05) is 28.2 Å². The van der Waals surface area contributed by atoms with Crippen LogP contribution in [0.25, 0.3) is 0 Å². The summed E-state index contributed by atoms with van der Waals surface area (Å²) in [5.41, 5.74) is 5.55. The minimum Gasteiger partial charge on any atom is -0.297 e. The molecule has 14 heavy (non-hydrogen) atoms. The summed E-state index contributed by atoms with van der Waals surface area (Å²) in [5.74, 6) is 0.744. The minimum atomic E-state index is 0.0564. The van der Waals surface area contributed by atoms with E-state index in [4.69, 9.17) is 0 Å². The SMILES string of the molecule is CC(C)=C[SiH2]C[SiH2]C(N(C)C)N(C)C. The molecule has 0 aliphatic carbocycles. The van der Waals surface area contributed by atoms with Gasteiger partial charge in [0.2, 0.25) is 0 Å². The molecule has 2 nitrogen and oxygen atoms in total. The first kappa shape index (κ1) is 14.1. The van der Waals surface area contributed by atoms with Gasteiger partial charge in [-0.05, 0) is 42.0 Å². The molecule has 0 bridgehead atoms. The monoisotopic (exact) mass is 230 g/mol. The summed E-state index contributed by atoms with van der Waals surface area (Å²) in [7, 11) is 8.94. The fraction of sp³-hybridized carbons (Fsp3) is 0.800. The van der Waals surface area contributed by atoms with E-state index in [0.717, 1.165) is 5.79 Å². The molecule has 0 rings (SSSR count). The van der Waals surface area contributed by atoms with Crippen LogP contribution < -0.4 is 0 Å². The second-order valence-corrected chi connectivity index (χ2v) is 9.74. The second-order valence-electron chi connectivity index (χ2n) is 4.62. The van der Waals surface area contributed by atoms with Crippen LogP contribution >= 0.6 is 0 Å². The Morgan fingerprint density at radius 1 is 1.14 bits per heavy atom. The molecule has 0 aromatic carbocycles. The van der Waals surface area contributed by atoms with Crippen molar-refractivity contribution in [1.82, 2.24) is 9.80 Å². The van der Waals surface area contributed by atoms with Gasteiger partial charge in [-0.25, -0.2) is 0 Å². The molecular weight excluding hydrogens is 204 g/mol. The van der Waals surface area contributed by atoms with Crippen LogP contribution in [0.2, 0.25) is 5.67 Å². The largest absolute Gasteiger partial charge is 0.297 e. The zero-order valence-corrected chi connectivity index (χ0v) is 13.5. The van der Waals surface area contributed by atoms with Crippen LogP contribution in [-0.2, 0) is 0 Å². The zero-order valence-electron chi connectivity index (χ0n) is 10.7. The molecule has 0 amide bonds. The lowest BCUT2D eigenvalue weighted by atomic mass is 10.4. The molecule has 0 aliphatic heterocycles. The first-order valence-corrected chi connectivity index (χ1v) is 9.04. The summed E-state index contributed by atoms with van der Waals surface area (Å²) >= 11 is 0. The molecule has 0 unspecified atom stereocenters. The summed E-state index contributed by atoms with van der Waals surface area (Å²) in [5, 5.41) is 0. The van der Waals surface area contributed by atoms with Crippen molar-refractivity contribution < 1.29 is 0 Å². The van der Waals surface area contributed by atoms with Crippen molar-refractivity contribution in [1.29, 1.82) is 0 Å². The van der Waals surface area contributed by atoms with Gasteiger partial charge in [-0.2, -0.15) is 0 Å². The Morgan fingerprint density at radius 3 is 2.00 bits per heavy atom. The van der Waals surface area contributed by atoms with E-state index in [1.54, 1.807) is 5.67 Å². The molecule has 0 saturated carbocycles. The molecule has 0 saturated heterocycles. The molecule has 0 spiro atoms. The molecule has 0 radical (unpaired) electrons. The Labute approximate surface area is 94.0 Å². The third-order valence-corrected chi connectivity index (χ3v) is 8.76. The van der Waals surface area contributed by atoms with Gasteiger partial charge in [-0.3, -0.25) is 9.80 Å². The van der Waals surface area contributed by atoms with Crippen LogP contribution in [0.5, 0.6) is 0 Å². The molecular formula is C10H26N2Si2. The highest BCUT2D eigenvalue weighted by Crippen LogP contribution is 1.98. The van der Waals surface area contributed by atoms with Crippen molar-refractivity contribution in [3.63, 3.8) is 0 Å². The average Bonchev–Trinajstić information content (AvgIpc) is 2.01. The van der Waals surface area contributed by atoms with E-state index in [-0.39, 0.29) is 19.0 Å². The summed E-state index contributed by atoms with van der Waals surface area (Å²) in [4.78, 5) is 4.73. The van der Waals surface area contributed by atoms with E-state index in [1.165, 1.54) is 5.57 Å². The van der Waals surface area contributed by atoms with E-state index in [1.807, 2.05) is 0 Å². The van der Waals surface area contributed by atoms with Crippen molar-refractivity contribution in [2.24, 2.45) is 0 Å². The van der Waals surface area contributed by atoms with Gasteiger partial charge in [0.1, 0.15) is 0 Å². The molecule has 0 atom stereocenters. The van der Waals surface area contributed by atoms with Crippen molar-refractivity contribution in [3.05, 3.63) is 11.3 Å². The molecule has 0 aliphatic rings. The lowest BCUT2D eigenvalue weighted by molar-refractivity contribution is 0.201. The summed E-state index contributed by atoms with van der Waals surface area (Å²) in [6, 6.07) is 0. The van der Waals surface area contributed by atoms with E-state index >= 15 is 0 Å². The molecule has 0 aromatic heterocycles. The normalized spacial score (nSPS) is 13.2. The van der Waals surface area contributed by atoms with Crippen molar-refractivity contribution in [3.8, 4) is 0 Å². The highest BCUT2D eigenvalue weighted by molar-refractivity contribution is 6.59. The number of hydrogen-bond acceptors (Lipinski definition) is 2. The van der Waals surface area contributed by atoms with Gasteiger partial charge in [0.25, 0.3) is 0 Å². The average molecular weight is 231 g/mol. The Hall–Kier alpha value is 0.0938. The van der Waals surface area contributed by atoms with Gasteiger partial charge in [0.15, 0.2) is 0 Å². The highest BCUT2D eigenvalue weighted by atomic mass is 28.3. The third-order valence-electron chi connectivity index (χ3n) is 2.41. The van der Waals surface area contributed by atoms with Gasteiger partial charge < -0.3 is 0 Å². The lowest BCUT2D eigenvalue weighted by Crippen LogP contribution is -2.45. The number of rotatable bonds is 6. The predicted octanol–water partition coefficient (Wildman–Crippen LogP) is 0.0303. The Morgan fingerprint density at radius 2 is 1.64 bits per heavy atom. The smallest absolute Gasteiger partial charge is 0.0563 e. The van der Waals surface area contributed by atoms with E-state index < -0.39 is 0 Å². The van der Waals surface area contributed by atoms with Crippen molar-refractivity contribution >= 4 is 19.0 Å². The summed E-state index contributed by atoms with van der Waals surface area (Å²) in [6.45, 7) is 4.42. The van der Waals surface area contributed by atoms with Crippen LogP contribution in [0.3, 0.4) is 0 Å². The topological polar surface area (TPSA) is 6.48 Å². The molecule has 0 N–H and O–H groups in total. The number of allylic oxidation sites excluding steroid dienone is 1. The zero-order chi connectivity index (χ0) is 11.1. The van der Waals surface area contributed by atoms with E-state index in [0.29, 0.717) is 0 Å². The van der Waals surface area contributed by atoms with Crippen LogP contribution in [-0.4, -0.2) is 62.8 Å². The molecule has 0 aromatic rings. The molecule has 4 heteroatoms. The predicted molar refractivity (Wildman–Crippen MR) is 72.5 cm³/mol. The standard InChI is InChI=1S/C10H26N2Si2/c1-9(2)7-13-8-14-10(11(3)4)12(5)6/h7,10H,8,13-14H2,1-6H3. The van der Waals surface area contributed by atoms with Crippen LogP contribution in [0.4, 0.5) is 0 Å². The lowest BCUT2D eigenvalue weighted by Gasteiger charge is -2.30. The number of nitrogens with zero attached hydrogens (tertiary/aromatic N) is 2. The van der Waals surface area contributed by atoms with Gasteiger partial charge in [0, 0.05) is 15.3 Å². The first-order valence-electron chi connectivity index (χ1n) is 5.41. The van der Waals surface area contributed by atoms with Crippen LogP contribution in [0, 0.1) is 0 Å². The Balaban J connectivity index is 3.78. The maximum absolute atomic E-state index is 2.50. The van der Waals surface area contributed by atoms with Gasteiger partial charge in [-0.15, -0.1) is 5.70 Å². The van der Waals surface area contributed by atoms with E-state index in [9.17, 15) is 0 Å². The highest BCUT2D eigenvalue weighted by Gasteiger charge is 2.12. The number of hydrogen-bond donors (Lipinski definition) is 0. The summed E-state index contributed by atoms with van der Waals surface area (Å²) in [6.07, 6.45) is 0. The molecule has 0 heterocycles. The van der Waals surface area contributed by atoms with Crippen LogP contribution in [0.1, 0.15) is 13.8 Å². The second kappa shape index (κ2) is 7.39. The fourth-order valence-corrected chi connectivity index (χ4v) is 6.50. The van der Waals surface area contributed by atoms with E-state index in [2.05, 4.69) is 57.5 Å². The molecule has 0 fully saturated rings. The van der Waals surface area contributed by atoms with Gasteiger partial charge in [0.05, 0.1) is 9.52 Å².